The number of ketones is 1. The summed E-state index contributed by atoms with van der Waals surface area (Å²) in [6.07, 6.45) is 3.58. The van der Waals surface area contributed by atoms with Crippen LogP contribution in [-0.2, 0) is 23.9 Å². The molecule has 2 aliphatic rings. The minimum absolute atomic E-state index is 0.148. The number of fused-ring (bicyclic) bond motifs is 3. The lowest BCUT2D eigenvalue weighted by Gasteiger charge is -2.32. The molecule has 2 atom stereocenters. The third kappa shape index (κ3) is 2.22. The molecule has 1 aromatic carbocycles. The van der Waals surface area contributed by atoms with Crippen LogP contribution in [-0.4, -0.2) is 38.0 Å². The van der Waals surface area contributed by atoms with Crippen molar-refractivity contribution in [3.63, 3.8) is 0 Å². The van der Waals surface area contributed by atoms with Gasteiger partial charge in [-0.15, -0.1) is 0 Å². The van der Waals surface area contributed by atoms with E-state index in [0.717, 1.165) is 11.3 Å². The number of hydrogen-bond donors (Lipinski definition) is 0. The quantitative estimate of drug-likeness (QED) is 0.787. The molecule has 0 amide bonds. The van der Waals surface area contributed by atoms with E-state index in [-0.39, 0.29) is 11.4 Å². The van der Waals surface area contributed by atoms with E-state index >= 15 is 0 Å². The smallest absolute Gasteiger partial charge is 0.336 e. The molecule has 6 heteroatoms. The summed E-state index contributed by atoms with van der Waals surface area (Å²) in [4.78, 5) is 38.7. The Balaban J connectivity index is 2.26. The maximum Gasteiger partial charge on any atom is 0.336 e. The number of esters is 2. The van der Waals surface area contributed by atoms with Crippen molar-refractivity contribution in [1.82, 2.24) is 0 Å². The highest BCUT2D eigenvalue weighted by Crippen LogP contribution is 2.44. The zero-order valence-electron chi connectivity index (χ0n) is 13.6. The van der Waals surface area contributed by atoms with E-state index in [4.69, 9.17) is 9.47 Å². The van der Waals surface area contributed by atoms with Crippen molar-refractivity contribution < 1.29 is 23.9 Å². The standard InChI is InChI=1S/C18H17NO5/c1-10(20)16-15(18(22)24-3)14(17(21)23-2)13-9-8-11-6-4-5-7-12(11)19(13)16/h4-9,15-16H,1-3H3/t15-,16+/m1/s1. The molecule has 0 fully saturated rings. The van der Waals surface area contributed by atoms with Crippen molar-refractivity contribution in [2.24, 2.45) is 5.92 Å². The average Bonchev–Trinajstić information content (AvgIpc) is 2.96. The monoisotopic (exact) mass is 327 g/mol. The number of nitrogens with zero attached hydrogens (tertiary/aromatic N) is 1. The van der Waals surface area contributed by atoms with Crippen molar-refractivity contribution in [3.8, 4) is 0 Å². The van der Waals surface area contributed by atoms with Crippen LogP contribution in [0.15, 0.2) is 41.6 Å². The number of methoxy groups -OCH3 is 2. The number of anilines is 1. The minimum Gasteiger partial charge on any atom is -0.468 e. The largest absolute Gasteiger partial charge is 0.468 e. The highest BCUT2D eigenvalue weighted by molar-refractivity contribution is 6.06. The van der Waals surface area contributed by atoms with Crippen molar-refractivity contribution in [1.29, 1.82) is 0 Å². The van der Waals surface area contributed by atoms with Crippen LogP contribution < -0.4 is 4.90 Å². The lowest BCUT2D eigenvalue weighted by molar-refractivity contribution is -0.148. The molecule has 6 nitrogen and oxygen atoms in total. The van der Waals surface area contributed by atoms with E-state index in [1.807, 2.05) is 30.3 Å². The minimum atomic E-state index is -1.02. The lowest BCUT2D eigenvalue weighted by atomic mass is 9.91. The van der Waals surface area contributed by atoms with Crippen molar-refractivity contribution in [2.45, 2.75) is 13.0 Å². The maximum absolute atomic E-state index is 12.3. The van der Waals surface area contributed by atoms with Crippen LogP contribution in [0.25, 0.3) is 6.08 Å². The van der Waals surface area contributed by atoms with E-state index in [2.05, 4.69) is 0 Å². The number of carbonyl (C=O) groups excluding carboxylic acids is 3. The zero-order valence-corrected chi connectivity index (χ0v) is 13.6. The third-order valence-electron chi connectivity index (χ3n) is 4.33. The van der Waals surface area contributed by atoms with Gasteiger partial charge in [0.2, 0.25) is 0 Å². The molecular formula is C18H17NO5. The van der Waals surface area contributed by atoms with Gasteiger partial charge in [0.1, 0.15) is 12.0 Å². The second-order valence-electron chi connectivity index (χ2n) is 5.61. The molecule has 2 aliphatic heterocycles. The van der Waals surface area contributed by atoms with Crippen molar-refractivity contribution in [3.05, 3.63) is 47.2 Å². The normalized spacial score (nSPS) is 21.2. The summed E-state index contributed by atoms with van der Waals surface area (Å²) < 4.78 is 9.70. The second kappa shape index (κ2) is 5.96. The van der Waals surface area contributed by atoms with Gasteiger partial charge in [0.15, 0.2) is 5.78 Å². The number of benzene rings is 1. The summed E-state index contributed by atoms with van der Waals surface area (Å²) in [6, 6.07) is 6.64. The fraction of sp³-hybridized carbons (Fsp3) is 0.278. The van der Waals surface area contributed by atoms with E-state index in [0.29, 0.717) is 5.70 Å². The van der Waals surface area contributed by atoms with Gasteiger partial charge in [0.05, 0.1) is 25.5 Å². The molecule has 24 heavy (non-hydrogen) atoms. The molecule has 0 saturated heterocycles. The number of ether oxygens (including phenoxy) is 2. The molecular weight excluding hydrogens is 310 g/mol. The van der Waals surface area contributed by atoms with Crippen LogP contribution in [0.3, 0.4) is 0 Å². The Bertz CT molecular complexity index is 792. The first kappa shape index (κ1) is 16.0. The van der Waals surface area contributed by atoms with Crippen LogP contribution in [0, 0.1) is 5.92 Å². The lowest BCUT2D eigenvalue weighted by Crippen LogP contribution is -2.44. The molecule has 3 rings (SSSR count). The highest BCUT2D eigenvalue weighted by Gasteiger charge is 2.51. The molecule has 0 aliphatic carbocycles. The highest BCUT2D eigenvalue weighted by atomic mass is 16.5. The summed E-state index contributed by atoms with van der Waals surface area (Å²) in [5.41, 5.74) is 2.32. The number of allylic oxidation sites excluding steroid dienone is 1. The first-order chi connectivity index (χ1) is 11.5. The molecule has 0 aromatic heterocycles. The Kier molecular flexibility index (Phi) is 3.97. The van der Waals surface area contributed by atoms with Gasteiger partial charge in [0, 0.05) is 5.69 Å². The van der Waals surface area contributed by atoms with Gasteiger partial charge in [-0.05, 0) is 24.6 Å². The van der Waals surface area contributed by atoms with Crippen LogP contribution in [0.1, 0.15) is 12.5 Å². The van der Waals surface area contributed by atoms with Gasteiger partial charge in [-0.1, -0.05) is 24.3 Å². The van der Waals surface area contributed by atoms with Crippen molar-refractivity contribution in [2.75, 3.05) is 19.1 Å². The third-order valence-corrected chi connectivity index (χ3v) is 4.33. The number of rotatable bonds is 3. The fourth-order valence-corrected chi connectivity index (χ4v) is 3.34. The van der Waals surface area contributed by atoms with Gasteiger partial charge in [-0.2, -0.15) is 0 Å². The first-order valence-electron chi connectivity index (χ1n) is 7.48. The zero-order chi connectivity index (χ0) is 17.4. The average molecular weight is 327 g/mol. The molecule has 0 spiro atoms. The van der Waals surface area contributed by atoms with E-state index < -0.39 is 23.9 Å². The molecule has 1 aromatic rings. The number of carbonyl (C=O) groups is 3. The Hall–Kier alpha value is -2.89. The van der Waals surface area contributed by atoms with Gasteiger partial charge >= 0.3 is 11.9 Å². The number of Topliss-reactive ketones (excluding diaryl/α,β-unsaturated/α-hetero) is 1. The van der Waals surface area contributed by atoms with Crippen LogP contribution >= 0.6 is 0 Å². The summed E-state index contributed by atoms with van der Waals surface area (Å²) in [5.74, 6) is -2.53. The van der Waals surface area contributed by atoms with Gasteiger partial charge in [-0.25, -0.2) is 4.79 Å². The maximum atomic E-state index is 12.3. The van der Waals surface area contributed by atoms with Gasteiger partial charge in [0.25, 0.3) is 0 Å². The molecule has 124 valence electrons. The molecule has 0 unspecified atom stereocenters. The molecule has 0 saturated carbocycles. The Morgan fingerprint density at radius 3 is 2.38 bits per heavy atom. The molecule has 0 N–H and O–H groups in total. The summed E-state index contributed by atoms with van der Waals surface area (Å²) in [7, 11) is 2.48. The molecule has 0 bridgehead atoms. The summed E-state index contributed by atoms with van der Waals surface area (Å²) >= 11 is 0. The summed E-state index contributed by atoms with van der Waals surface area (Å²) in [5, 5.41) is 0. The topological polar surface area (TPSA) is 72.9 Å². The predicted octanol–water partition coefficient (Wildman–Crippen LogP) is 1.71. The molecule has 2 heterocycles. The summed E-state index contributed by atoms with van der Waals surface area (Å²) in [6.45, 7) is 1.40. The van der Waals surface area contributed by atoms with Gasteiger partial charge < -0.3 is 14.4 Å². The van der Waals surface area contributed by atoms with Crippen LogP contribution in [0.2, 0.25) is 0 Å². The van der Waals surface area contributed by atoms with Gasteiger partial charge in [-0.3, -0.25) is 9.59 Å². The number of hydrogen-bond acceptors (Lipinski definition) is 6. The Morgan fingerprint density at radius 1 is 1.04 bits per heavy atom. The second-order valence-corrected chi connectivity index (χ2v) is 5.61. The number of para-hydroxylation sites is 1. The first-order valence-corrected chi connectivity index (χ1v) is 7.48. The van der Waals surface area contributed by atoms with E-state index in [1.54, 1.807) is 11.0 Å². The van der Waals surface area contributed by atoms with E-state index in [1.165, 1.54) is 21.1 Å². The van der Waals surface area contributed by atoms with E-state index in [9.17, 15) is 14.4 Å². The predicted molar refractivity (Wildman–Crippen MR) is 87.0 cm³/mol. The van der Waals surface area contributed by atoms with Crippen LogP contribution in [0.5, 0.6) is 0 Å². The SMILES string of the molecule is COC(=O)C1=C2C=Cc3ccccc3N2[C@@H](C(C)=O)[C@@H]1C(=O)OC. The Morgan fingerprint density at radius 2 is 1.75 bits per heavy atom. The van der Waals surface area contributed by atoms with Crippen molar-refractivity contribution >= 4 is 29.5 Å². The Labute approximate surface area is 139 Å². The fourth-order valence-electron chi connectivity index (χ4n) is 3.34. The van der Waals surface area contributed by atoms with Crippen LogP contribution in [0.4, 0.5) is 5.69 Å². The molecule has 0 radical (unpaired) electrons.